The van der Waals surface area contributed by atoms with Gasteiger partial charge in [0.25, 0.3) is 0 Å². The summed E-state index contributed by atoms with van der Waals surface area (Å²) in [4.78, 5) is 6.27. The fourth-order valence-corrected chi connectivity index (χ4v) is 4.95. The summed E-state index contributed by atoms with van der Waals surface area (Å²) in [7, 11) is 3.85. The maximum atomic E-state index is 13.6. The van der Waals surface area contributed by atoms with Crippen LogP contribution in [0.1, 0.15) is 40.7 Å². The fraction of sp³-hybridized carbons (Fsp3) is 0.536. The predicted octanol–water partition coefficient (Wildman–Crippen LogP) is 5.23. The van der Waals surface area contributed by atoms with Gasteiger partial charge in [-0.3, -0.25) is 10.3 Å². The van der Waals surface area contributed by atoms with Crippen molar-refractivity contribution in [2.75, 3.05) is 52.1 Å². The largest absolute Gasteiger partial charge is 0.416 e. The van der Waals surface area contributed by atoms with E-state index < -0.39 is 11.7 Å². The summed E-state index contributed by atoms with van der Waals surface area (Å²) in [5, 5.41) is 12.3. The number of halogens is 3. The highest BCUT2D eigenvalue weighted by molar-refractivity contribution is 5.84. The molecule has 0 bridgehead atoms. The Bertz CT molecular complexity index is 1060. The van der Waals surface area contributed by atoms with Crippen LogP contribution < -0.4 is 5.32 Å². The number of rotatable bonds is 10. The molecule has 2 aromatic carbocycles. The molecule has 0 aromatic heterocycles. The van der Waals surface area contributed by atoms with Crippen molar-refractivity contribution < 1.29 is 13.2 Å². The van der Waals surface area contributed by atoms with E-state index in [1.54, 1.807) is 11.0 Å². The van der Waals surface area contributed by atoms with Gasteiger partial charge >= 0.3 is 6.18 Å². The van der Waals surface area contributed by atoms with Crippen LogP contribution in [-0.2, 0) is 25.7 Å². The number of hydrogen-bond donors (Lipinski definition) is 2. The molecule has 0 atom stereocenters. The van der Waals surface area contributed by atoms with E-state index in [0.29, 0.717) is 13.1 Å². The van der Waals surface area contributed by atoms with Gasteiger partial charge in [-0.25, -0.2) is 0 Å². The number of aryl methyl sites for hydroxylation is 1. The number of hydrogen-bond acceptors (Lipinski definition) is 4. The first-order valence-electron chi connectivity index (χ1n) is 12.8. The summed E-state index contributed by atoms with van der Waals surface area (Å²) >= 11 is 0. The Hall–Kier alpha value is -2.58. The number of likely N-dealkylation sites (N-methyl/N-ethyl adjacent to an activating group) is 1. The van der Waals surface area contributed by atoms with E-state index in [1.165, 1.54) is 42.6 Å². The first-order valence-corrected chi connectivity index (χ1v) is 12.8. The van der Waals surface area contributed by atoms with Crippen LogP contribution in [-0.4, -0.2) is 67.4 Å². The van der Waals surface area contributed by atoms with Crippen LogP contribution in [0.2, 0.25) is 0 Å². The average molecular weight is 502 g/mol. The van der Waals surface area contributed by atoms with Gasteiger partial charge in [0.2, 0.25) is 0 Å². The minimum atomic E-state index is -4.42. The van der Waals surface area contributed by atoms with Gasteiger partial charge in [0.15, 0.2) is 0 Å². The quantitative estimate of drug-likeness (QED) is 0.346. The van der Waals surface area contributed by atoms with Crippen molar-refractivity contribution in [1.29, 1.82) is 5.41 Å². The molecule has 0 radical (unpaired) electrons. The van der Waals surface area contributed by atoms with E-state index in [-0.39, 0.29) is 24.5 Å². The topological polar surface area (TPSA) is 45.6 Å². The Morgan fingerprint density at radius 3 is 2.56 bits per heavy atom. The van der Waals surface area contributed by atoms with Crippen LogP contribution in [0.4, 0.5) is 18.9 Å². The molecular weight excluding hydrogens is 463 g/mol. The standard InChI is InChI=1S/C28H38F3N5/c1-20-8-11-22-18-35(17-21-9-10-21)13-12-24(22)27(20)33-16-26(32)36(15-14-34(2)3)19-23-6-4-5-7-25(23)28(29,30)31/h4-8,11,21,32-33H,9-10,12-19H2,1-3H3. The number of benzene rings is 2. The molecule has 0 saturated heterocycles. The third-order valence-electron chi connectivity index (χ3n) is 7.22. The Labute approximate surface area is 212 Å². The molecule has 1 fully saturated rings. The zero-order chi connectivity index (χ0) is 25.9. The van der Waals surface area contributed by atoms with Crippen LogP contribution in [0, 0.1) is 18.3 Å². The Balaban J connectivity index is 1.47. The molecule has 0 amide bonds. The summed E-state index contributed by atoms with van der Waals surface area (Å²) in [5.41, 5.74) is 4.43. The van der Waals surface area contributed by atoms with Crippen molar-refractivity contribution in [3.63, 3.8) is 0 Å². The van der Waals surface area contributed by atoms with Gasteiger partial charge in [0, 0.05) is 45.0 Å². The molecule has 2 N–H and O–H groups in total. The number of nitrogens with zero attached hydrogens (tertiary/aromatic N) is 3. The Morgan fingerprint density at radius 1 is 1.11 bits per heavy atom. The molecule has 1 aliphatic heterocycles. The van der Waals surface area contributed by atoms with Crippen molar-refractivity contribution in [3.8, 4) is 0 Å². The number of nitrogens with one attached hydrogen (secondary N) is 2. The van der Waals surface area contributed by atoms with Crippen LogP contribution in [0.5, 0.6) is 0 Å². The van der Waals surface area contributed by atoms with Gasteiger partial charge in [-0.05, 0) is 74.5 Å². The van der Waals surface area contributed by atoms with Crippen LogP contribution in [0.15, 0.2) is 36.4 Å². The van der Waals surface area contributed by atoms with E-state index in [1.807, 2.05) is 19.0 Å². The van der Waals surface area contributed by atoms with E-state index >= 15 is 0 Å². The van der Waals surface area contributed by atoms with Gasteiger partial charge < -0.3 is 15.1 Å². The number of alkyl halides is 3. The molecule has 196 valence electrons. The normalized spacial score (nSPS) is 16.2. The summed E-state index contributed by atoms with van der Waals surface area (Å²) in [6.07, 6.45) is -0.742. The van der Waals surface area contributed by atoms with Crippen molar-refractivity contribution >= 4 is 11.5 Å². The second-order valence-corrected chi connectivity index (χ2v) is 10.5. The van der Waals surface area contributed by atoms with Crippen LogP contribution in [0.3, 0.4) is 0 Å². The van der Waals surface area contributed by atoms with Crippen LogP contribution >= 0.6 is 0 Å². The second kappa shape index (κ2) is 11.2. The van der Waals surface area contributed by atoms with Gasteiger partial charge in [-0.15, -0.1) is 0 Å². The zero-order valence-corrected chi connectivity index (χ0v) is 21.6. The monoisotopic (exact) mass is 501 g/mol. The van der Waals surface area contributed by atoms with Crippen molar-refractivity contribution in [3.05, 3.63) is 64.2 Å². The van der Waals surface area contributed by atoms with Gasteiger partial charge in [-0.2, -0.15) is 13.2 Å². The first kappa shape index (κ1) is 26.5. The van der Waals surface area contributed by atoms with Crippen LogP contribution in [0.25, 0.3) is 0 Å². The van der Waals surface area contributed by atoms with E-state index in [9.17, 15) is 13.2 Å². The molecule has 1 heterocycles. The van der Waals surface area contributed by atoms with Gasteiger partial charge in [0.05, 0.1) is 12.1 Å². The SMILES string of the molecule is Cc1ccc2c(c1NCC(=N)N(CCN(C)C)Cc1ccccc1C(F)(F)F)CCN(CC1CC1)C2. The molecular formula is C28H38F3N5. The zero-order valence-electron chi connectivity index (χ0n) is 21.6. The summed E-state index contributed by atoms with van der Waals surface area (Å²) in [6, 6.07) is 10.0. The molecule has 2 aliphatic rings. The maximum Gasteiger partial charge on any atom is 0.416 e. The second-order valence-electron chi connectivity index (χ2n) is 10.5. The number of anilines is 1. The third kappa shape index (κ3) is 6.79. The third-order valence-corrected chi connectivity index (χ3v) is 7.22. The molecule has 1 saturated carbocycles. The lowest BCUT2D eigenvalue weighted by molar-refractivity contribution is -0.138. The summed E-state index contributed by atoms with van der Waals surface area (Å²) < 4.78 is 40.8. The first-order chi connectivity index (χ1) is 17.1. The summed E-state index contributed by atoms with van der Waals surface area (Å²) in [5.74, 6) is 1.16. The highest BCUT2D eigenvalue weighted by Gasteiger charge is 2.33. The molecule has 5 nitrogen and oxygen atoms in total. The Morgan fingerprint density at radius 2 is 1.86 bits per heavy atom. The predicted molar refractivity (Wildman–Crippen MR) is 140 cm³/mol. The Kier molecular flexibility index (Phi) is 8.25. The highest BCUT2D eigenvalue weighted by atomic mass is 19.4. The molecule has 0 spiro atoms. The highest BCUT2D eigenvalue weighted by Crippen LogP contribution is 2.34. The lowest BCUT2D eigenvalue weighted by Gasteiger charge is -2.32. The van der Waals surface area contributed by atoms with Crippen molar-refractivity contribution in [1.82, 2.24) is 14.7 Å². The molecule has 8 heteroatoms. The minimum absolute atomic E-state index is 0.0477. The van der Waals surface area contributed by atoms with Gasteiger partial charge in [0.1, 0.15) is 5.84 Å². The van der Waals surface area contributed by atoms with Crippen molar-refractivity contribution in [2.24, 2.45) is 5.92 Å². The van der Waals surface area contributed by atoms with Crippen molar-refractivity contribution in [2.45, 2.75) is 45.5 Å². The molecule has 0 unspecified atom stereocenters. The smallest absolute Gasteiger partial charge is 0.377 e. The maximum absolute atomic E-state index is 13.6. The number of fused-ring (bicyclic) bond motifs is 1. The summed E-state index contributed by atoms with van der Waals surface area (Å²) in [6.45, 7) is 6.70. The lowest BCUT2D eigenvalue weighted by Crippen LogP contribution is -2.39. The average Bonchev–Trinajstić information content (AvgIpc) is 3.64. The molecule has 36 heavy (non-hydrogen) atoms. The van der Waals surface area contributed by atoms with E-state index in [0.717, 1.165) is 42.7 Å². The number of amidine groups is 1. The fourth-order valence-electron chi connectivity index (χ4n) is 4.95. The molecule has 2 aromatic rings. The lowest BCUT2D eigenvalue weighted by atomic mass is 9.94. The molecule has 1 aliphatic carbocycles. The van der Waals surface area contributed by atoms with E-state index in [2.05, 4.69) is 29.3 Å². The minimum Gasteiger partial charge on any atom is -0.377 e. The van der Waals surface area contributed by atoms with Gasteiger partial charge in [-0.1, -0.05) is 30.3 Å². The molecule has 4 rings (SSSR count). The van der Waals surface area contributed by atoms with E-state index in [4.69, 9.17) is 5.41 Å².